The molecule has 180 valence electrons. The third-order valence-corrected chi connectivity index (χ3v) is 11.0. The first kappa shape index (κ1) is 25.2. The number of fused-ring (bicyclic) bond motifs is 3. The quantitative estimate of drug-likeness (QED) is 0.240. The fourth-order valence-corrected chi connectivity index (χ4v) is 7.50. The minimum absolute atomic E-state index is 0.250. The Kier molecular flexibility index (Phi) is 7.10. The van der Waals surface area contributed by atoms with Crippen LogP contribution in [0.4, 0.5) is 5.69 Å². The van der Waals surface area contributed by atoms with E-state index in [0.717, 1.165) is 27.6 Å². The number of halogens is 1. The van der Waals surface area contributed by atoms with E-state index < -0.39 is 24.1 Å². The van der Waals surface area contributed by atoms with Crippen LogP contribution in [-0.2, 0) is 21.2 Å². The van der Waals surface area contributed by atoms with Gasteiger partial charge in [0.1, 0.15) is 0 Å². The summed E-state index contributed by atoms with van der Waals surface area (Å²) in [5.74, 6) is -0.400. The molecule has 0 aliphatic carbocycles. The fourth-order valence-electron chi connectivity index (χ4n) is 3.83. The molecule has 2 heterocycles. The highest BCUT2D eigenvalue weighted by molar-refractivity contribution is 9.10. The number of anilines is 1. The lowest BCUT2D eigenvalue weighted by Gasteiger charge is -2.25. The molecule has 3 aromatic rings. The molecule has 0 saturated carbocycles. The molecule has 9 heteroatoms. The van der Waals surface area contributed by atoms with E-state index in [0.29, 0.717) is 35.3 Å². The normalized spacial score (nSPS) is 13.7. The van der Waals surface area contributed by atoms with Crippen molar-refractivity contribution in [1.29, 1.82) is 0 Å². The van der Waals surface area contributed by atoms with Gasteiger partial charge in [0.05, 0.1) is 22.8 Å². The highest BCUT2D eigenvalue weighted by Gasteiger charge is 2.32. The minimum Gasteiger partial charge on any atom is -0.462 e. The first-order chi connectivity index (χ1) is 16.0. The van der Waals surface area contributed by atoms with Crippen LogP contribution < -0.4 is 4.31 Å². The first-order valence-electron chi connectivity index (χ1n) is 11.1. The van der Waals surface area contributed by atoms with Crippen LogP contribution in [0.2, 0.25) is 25.7 Å². The number of esters is 1. The lowest BCUT2D eigenvalue weighted by Crippen LogP contribution is -2.32. The number of aryl methyl sites for hydroxylation is 1. The molecule has 0 spiro atoms. The van der Waals surface area contributed by atoms with Crippen molar-refractivity contribution in [3.05, 3.63) is 69.0 Å². The fraction of sp³-hybridized carbons (Fsp3) is 0.320. The van der Waals surface area contributed by atoms with Crippen LogP contribution in [-0.4, -0.2) is 35.6 Å². The zero-order chi connectivity index (χ0) is 24.7. The maximum Gasteiger partial charge on any atom is 0.339 e. The molecule has 0 bridgehead atoms. The monoisotopic (exact) mass is 577 g/mol. The van der Waals surface area contributed by atoms with Crippen molar-refractivity contribution in [3.63, 3.8) is 0 Å². The average Bonchev–Trinajstić information content (AvgIpc) is 3.16. The minimum atomic E-state index is -3.79. The van der Waals surface area contributed by atoms with Gasteiger partial charge in [-0.25, -0.2) is 13.2 Å². The van der Waals surface area contributed by atoms with Crippen molar-refractivity contribution in [2.45, 2.75) is 43.9 Å². The van der Waals surface area contributed by atoms with Crippen LogP contribution in [0.25, 0.3) is 10.4 Å². The number of ether oxygens (including phenoxy) is 1. The largest absolute Gasteiger partial charge is 0.462 e. The van der Waals surface area contributed by atoms with Crippen LogP contribution in [0.5, 0.6) is 0 Å². The predicted octanol–water partition coefficient (Wildman–Crippen LogP) is 6.73. The third-order valence-electron chi connectivity index (χ3n) is 5.84. The van der Waals surface area contributed by atoms with Gasteiger partial charge in [0.15, 0.2) is 0 Å². The lowest BCUT2D eigenvalue weighted by atomic mass is 10.0. The second kappa shape index (κ2) is 9.60. The Hall–Kier alpha value is -1.94. The number of thiophene rings is 1. The molecule has 0 fully saturated rings. The highest BCUT2D eigenvalue weighted by Crippen LogP contribution is 2.44. The third kappa shape index (κ3) is 5.17. The van der Waals surface area contributed by atoms with Crippen molar-refractivity contribution < 1.29 is 17.9 Å². The summed E-state index contributed by atoms with van der Waals surface area (Å²) in [6, 6.07) is 13.3. The molecule has 0 N–H and O–H groups in total. The maximum absolute atomic E-state index is 13.7. The van der Waals surface area contributed by atoms with Crippen molar-refractivity contribution in [2.75, 3.05) is 17.5 Å². The Morgan fingerprint density at radius 1 is 1.15 bits per heavy atom. The van der Waals surface area contributed by atoms with Crippen molar-refractivity contribution in [2.24, 2.45) is 0 Å². The van der Waals surface area contributed by atoms with Gasteiger partial charge in [-0.3, -0.25) is 4.31 Å². The predicted molar refractivity (Wildman–Crippen MR) is 145 cm³/mol. The molecule has 1 aromatic heterocycles. The SMILES string of the molecule is Cc1ccc(S(=O)(=O)N2CCc3ccsc3-c3cc(C(=O)OCC[Si](C)(C)C)c(Br)cc32)cc1. The van der Waals surface area contributed by atoms with Gasteiger partial charge < -0.3 is 4.74 Å². The molecule has 34 heavy (non-hydrogen) atoms. The van der Waals surface area contributed by atoms with Gasteiger partial charge >= 0.3 is 5.97 Å². The number of nitrogens with zero attached hydrogens (tertiary/aromatic N) is 1. The summed E-state index contributed by atoms with van der Waals surface area (Å²) in [5, 5.41) is 2.01. The van der Waals surface area contributed by atoms with Crippen molar-refractivity contribution in [3.8, 4) is 10.4 Å². The van der Waals surface area contributed by atoms with Gasteiger partial charge in [0.25, 0.3) is 10.0 Å². The summed E-state index contributed by atoms with van der Waals surface area (Å²) in [5.41, 5.74) is 3.78. The molecule has 0 unspecified atom stereocenters. The summed E-state index contributed by atoms with van der Waals surface area (Å²) in [7, 11) is -5.12. The first-order valence-corrected chi connectivity index (χ1v) is 18.0. The lowest BCUT2D eigenvalue weighted by molar-refractivity contribution is 0.0524. The van der Waals surface area contributed by atoms with Crippen molar-refractivity contribution in [1.82, 2.24) is 0 Å². The number of sulfonamides is 1. The zero-order valence-electron chi connectivity index (χ0n) is 19.7. The topological polar surface area (TPSA) is 63.7 Å². The van der Waals surface area contributed by atoms with E-state index in [1.165, 1.54) is 4.31 Å². The van der Waals surface area contributed by atoms with E-state index >= 15 is 0 Å². The Morgan fingerprint density at radius 2 is 1.85 bits per heavy atom. The molecule has 1 aliphatic heterocycles. The Balaban J connectivity index is 1.77. The van der Waals surface area contributed by atoms with E-state index in [1.54, 1.807) is 47.7 Å². The number of carbonyl (C=O) groups excluding carboxylic acids is 1. The van der Waals surface area contributed by atoms with E-state index in [4.69, 9.17) is 4.74 Å². The molecule has 0 saturated heterocycles. The number of hydrogen-bond acceptors (Lipinski definition) is 5. The number of rotatable bonds is 6. The van der Waals surface area contributed by atoms with Gasteiger partial charge in [0.2, 0.25) is 0 Å². The van der Waals surface area contributed by atoms with E-state index in [2.05, 4.69) is 35.6 Å². The van der Waals surface area contributed by atoms with E-state index in [-0.39, 0.29) is 4.90 Å². The van der Waals surface area contributed by atoms with Crippen LogP contribution in [0.3, 0.4) is 0 Å². The van der Waals surface area contributed by atoms with Gasteiger partial charge in [-0.2, -0.15) is 0 Å². The Morgan fingerprint density at radius 3 is 2.53 bits per heavy atom. The van der Waals surface area contributed by atoms with Crippen LogP contribution >= 0.6 is 27.3 Å². The summed E-state index contributed by atoms with van der Waals surface area (Å²) >= 11 is 5.07. The molecule has 0 radical (unpaired) electrons. The van der Waals surface area contributed by atoms with E-state index in [9.17, 15) is 13.2 Å². The average molecular weight is 579 g/mol. The summed E-state index contributed by atoms with van der Waals surface area (Å²) < 4.78 is 34.9. The molecule has 0 atom stereocenters. The number of carbonyl (C=O) groups is 1. The second-order valence-electron chi connectivity index (χ2n) is 9.71. The zero-order valence-corrected chi connectivity index (χ0v) is 23.9. The summed E-state index contributed by atoms with van der Waals surface area (Å²) in [6.45, 7) is 9.34. The molecule has 4 rings (SSSR count). The molecule has 5 nitrogen and oxygen atoms in total. The Bertz CT molecular complexity index is 1330. The van der Waals surface area contributed by atoms with Crippen LogP contribution in [0.15, 0.2) is 57.2 Å². The van der Waals surface area contributed by atoms with Gasteiger partial charge in [0, 0.05) is 29.5 Å². The van der Waals surface area contributed by atoms with Crippen LogP contribution in [0, 0.1) is 6.92 Å². The van der Waals surface area contributed by atoms with Crippen LogP contribution in [0.1, 0.15) is 21.5 Å². The maximum atomic E-state index is 13.7. The Labute approximate surface area is 215 Å². The molecule has 2 aromatic carbocycles. The molecule has 1 aliphatic rings. The highest BCUT2D eigenvalue weighted by atomic mass is 79.9. The van der Waals surface area contributed by atoms with Gasteiger partial charge in [-0.1, -0.05) is 37.3 Å². The molecular formula is C25H28BrNO4S2Si. The second-order valence-corrected chi connectivity index (χ2v) is 19.0. The molecule has 0 amide bonds. The molecular weight excluding hydrogens is 550 g/mol. The van der Waals surface area contributed by atoms with Gasteiger partial charge in [-0.05, 0) is 76.6 Å². The van der Waals surface area contributed by atoms with Gasteiger partial charge in [-0.15, -0.1) is 11.3 Å². The number of hydrogen-bond donors (Lipinski definition) is 0. The summed E-state index contributed by atoms with van der Waals surface area (Å²) in [6.07, 6.45) is 0.589. The smallest absolute Gasteiger partial charge is 0.339 e. The van der Waals surface area contributed by atoms with Crippen molar-refractivity contribution >= 4 is 57.0 Å². The number of benzene rings is 2. The summed E-state index contributed by atoms with van der Waals surface area (Å²) in [4.78, 5) is 14.2. The van der Waals surface area contributed by atoms with E-state index in [1.807, 2.05) is 18.4 Å². The standard InChI is InChI=1S/C25H28BrNO4S2Si/c1-17-5-7-19(8-6-17)33(29,30)27-11-9-18-10-13-32-24(18)21-15-20(22(26)16-23(21)27)25(28)31-12-14-34(2,3)4/h5-8,10,13,15-16H,9,11-12,14H2,1-4H3.